The lowest BCUT2D eigenvalue weighted by molar-refractivity contribution is -0.319. The molecule has 8 rings (SSSR count). The van der Waals surface area contributed by atoms with Crippen LogP contribution in [0.1, 0.15) is 63.2 Å². The number of rotatable bonds is 9. The molecule has 0 unspecified atom stereocenters. The fourth-order valence-corrected chi connectivity index (χ4v) is 13.2. The quantitative estimate of drug-likeness (QED) is 0.284. The van der Waals surface area contributed by atoms with Crippen molar-refractivity contribution in [2.45, 2.75) is 94.5 Å². The van der Waals surface area contributed by atoms with Crippen LogP contribution in [-0.4, -0.2) is 122 Å². The van der Waals surface area contributed by atoms with E-state index in [4.69, 9.17) is 23.7 Å². The molecule has 1 aromatic carbocycles. The summed E-state index contributed by atoms with van der Waals surface area (Å²) < 4.78 is 31.1. The highest BCUT2D eigenvalue weighted by molar-refractivity contribution is 6.22. The fraction of sp³-hybridized carbons (Fsp3) is 0.737. The number of methoxy groups -OCH3 is 3. The summed E-state index contributed by atoms with van der Waals surface area (Å²) in [6.45, 7) is 6.10. The average molecular weight is 711 g/mol. The molecule has 2 heterocycles. The molecule has 5 aliphatic carbocycles. The second-order valence-electron chi connectivity index (χ2n) is 16.3. The highest BCUT2D eigenvalue weighted by Crippen LogP contribution is 2.80. The zero-order chi connectivity index (χ0) is 36.4. The average Bonchev–Trinajstić information content (AvgIpc) is 3.64. The maximum absolute atomic E-state index is 14.1. The van der Waals surface area contributed by atoms with Crippen molar-refractivity contribution >= 4 is 29.4 Å². The third-order valence-corrected chi connectivity index (χ3v) is 14.5. The molecular formula is C38H50N2O11. The normalized spacial score (nSPS) is 46.4. The second-order valence-corrected chi connectivity index (χ2v) is 16.3. The number of nitrogens with zero attached hydrogens (tertiary/aromatic N) is 2. The molecule has 1 spiro atoms. The number of esters is 2. The number of fused-ring (bicyclic) bond motifs is 2. The number of anilines is 1. The summed E-state index contributed by atoms with van der Waals surface area (Å²) in [6, 6.07) is 5.96. The Morgan fingerprint density at radius 3 is 2.43 bits per heavy atom. The molecule has 13 heteroatoms. The van der Waals surface area contributed by atoms with Crippen molar-refractivity contribution in [3.63, 3.8) is 0 Å². The van der Waals surface area contributed by atoms with E-state index in [-0.39, 0.29) is 66.4 Å². The van der Waals surface area contributed by atoms with Crippen LogP contribution in [0.2, 0.25) is 0 Å². The number of hydrogen-bond acceptors (Lipinski definition) is 12. The van der Waals surface area contributed by atoms with Gasteiger partial charge in [-0.1, -0.05) is 26.0 Å². The smallest absolute Gasteiger partial charge is 0.340 e. The first kappa shape index (κ1) is 35.1. The van der Waals surface area contributed by atoms with Gasteiger partial charge in [0.05, 0.1) is 42.2 Å². The van der Waals surface area contributed by atoms with Gasteiger partial charge in [-0.25, -0.2) is 9.69 Å². The van der Waals surface area contributed by atoms with Crippen LogP contribution in [-0.2, 0) is 38.1 Å². The minimum Gasteiger partial charge on any atom is -0.462 e. The number of imide groups is 1. The molecule has 1 aromatic rings. The summed E-state index contributed by atoms with van der Waals surface area (Å²) in [7, 11) is 4.88. The van der Waals surface area contributed by atoms with E-state index in [2.05, 4.69) is 4.90 Å². The van der Waals surface area contributed by atoms with Gasteiger partial charge in [0.2, 0.25) is 11.8 Å². The van der Waals surface area contributed by atoms with E-state index in [1.807, 2.05) is 6.92 Å². The van der Waals surface area contributed by atoms with E-state index in [1.165, 1.54) is 6.92 Å². The van der Waals surface area contributed by atoms with Crippen molar-refractivity contribution in [2.24, 2.45) is 40.4 Å². The Balaban J connectivity index is 1.23. The number of likely N-dealkylation sites (N-methyl/N-ethyl adjacent to an activating group) is 1. The lowest BCUT2D eigenvalue weighted by Crippen LogP contribution is -2.82. The van der Waals surface area contributed by atoms with Gasteiger partial charge in [0, 0.05) is 82.1 Å². The number of likely N-dealkylation sites (tertiary alicyclic amines) is 1. The van der Waals surface area contributed by atoms with Crippen molar-refractivity contribution in [1.29, 1.82) is 0 Å². The lowest BCUT2D eigenvalue weighted by atomic mass is 9.42. The molecule has 7 fully saturated rings. The Bertz CT molecular complexity index is 1650. The van der Waals surface area contributed by atoms with E-state index in [1.54, 1.807) is 52.5 Å². The fourth-order valence-electron chi connectivity index (χ4n) is 13.2. The lowest BCUT2D eigenvalue weighted by Gasteiger charge is -2.70. The zero-order valence-corrected chi connectivity index (χ0v) is 30.2. The van der Waals surface area contributed by atoms with Gasteiger partial charge in [0.25, 0.3) is 0 Å². The monoisotopic (exact) mass is 710 g/mol. The van der Waals surface area contributed by atoms with Crippen LogP contribution in [0.4, 0.5) is 5.69 Å². The maximum Gasteiger partial charge on any atom is 0.340 e. The van der Waals surface area contributed by atoms with Crippen molar-refractivity contribution in [2.75, 3.05) is 45.9 Å². The van der Waals surface area contributed by atoms with Crippen LogP contribution in [0.3, 0.4) is 0 Å². The molecule has 0 radical (unpaired) electrons. The molecule has 0 aromatic heterocycles. The molecule has 2 amide bonds. The highest BCUT2D eigenvalue weighted by Gasteiger charge is 2.91. The van der Waals surface area contributed by atoms with Crippen LogP contribution in [0, 0.1) is 40.4 Å². The topological polar surface area (TPSA) is 161 Å². The van der Waals surface area contributed by atoms with Crippen molar-refractivity contribution in [3.8, 4) is 0 Å². The van der Waals surface area contributed by atoms with Crippen LogP contribution < -0.4 is 4.90 Å². The molecular weight excluding hydrogens is 660 g/mol. The van der Waals surface area contributed by atoms with E-state index < -0.39 is 70.2 Å². The molecule has 2 aliphatic heterocycles. The zero-order valence-electron chi connectivity index (χ0n) is 30.2. The Morgan fingerprint density at radius 1 is 1.06 bits per heavy atom. The van der Waals surface area contributed by atoms with E-state index in [9.17, 15) is 29.4 Å². The summed E-state index contributed by atoms with van der Waals surface area (Å²) in [5.74, 6) is -3.55. The molecule has 7 aliphatic rings. The predicted octanol–water partition coefficient (Wildman–Crippen LogP) is 1.95. The van der Waals surface area contributed by atoms with Gasteiger partial charge in [0.1, 0.15) is 17.3 Å². The number of piperidine rings is 1. The standard InChI is InChI=1S/C38H50N2O11/c1-7-39-17-35(18-50-33(44)21-10-8-9-11-24(21)40-27(42)14-19(2)32(40)43)13-12-26(47-4)37-23-15-22-25(51-20(3)41)16-36(45,28(23)29(22)48-5)38(46,34(37)39)31(49-6)30(35)37/h8-11,19,22-23,25-26,28-31,34,45-46H,7,12-18H2,1-6H3/t19-,22+,23+,25-,26-,28+,29-,30+,31-,34-,35-,36+,37-,38+/m0/s1. The van der Waals surface area contributed by atoms with Gasteiger partial charge in [0.15, 0.2) is 0 Å². The molecule has 278 valence electrons. The van der Waals surface area contributed by atoms with Gasteiger partial charge in [-0.3, -0.25) is 19.3 Å². The number of carbonyl (C=O) groups is 4. The third kappa shape index (κ3) is 4.19. The predicted molar refractivity (Wildman–Crippen MR) is 179 cm³/mol. The van der Waals surface area contributed by atoms with E-state index >= 15 is 0 Å². The van der Waals surface area contributed by atoms with Gasteiger partial charge >= 0.3 is 11.9 Å². The molecule has 51 heavy (non-hydrogen) atoms. The third-order valence-electron chi connectivity index (χ3n) is 14.5. The number of aliphatic hydroxyl groups is 2. The second kappa shape index (κ2) is 11.8. The van der Waals surface area contributed by atoms with Gasteiger partial charge in [-0.15, -0.1) is 0 Å². The Kier molecular flexibility index (Phi) is 8.11. The summed E-state index contributed by atoms with van der Waals surface area (Å²) in [5, 5.41) is 26.7. The van der Waals surface area contributed by atoms with Crippen molar-refractivity contribution in [3.05, 3.63) is 29.8 Å². The number of amides is 2. The molecule has 2 saturated heterocycles. The van der Waals surface area contributed by atoms with Gasteiger partial charge in [-0.2, -0.15) is 0 Å². The van der Waals surface area contributed by atoms with Gasteiger partial charge < -0.3 is 33.9 Å². The first-order chi connectivity index (χ1) is 24.3. The van der Waals surface area contributed by atoms with Crippen LogP contribution >= 0.6 is 0 Å². The first-order valence-electron chi connectivity index (χ1n) is 18.4. The molecule has 2 N–H and O–H groups in total. The van der Waals surface area contributed by atoms with E-state index in [0.29, 0.717) is 32.4 Å². The maximum atomic E-state index is 14.1. The summed E-state index contributed by atoms with van der Waals surface area (Å²) in [6.07, 6.45) is -0.365. The minimum atomic E-state index is -1.82. The largest absolute Gasteiger partial charge is 0.462 e. The van der Waals surface area contributed by atoms with Crippen LogP contribution in [0.5, 0.6) is 0 Å². The number of carbonyl (C=O) groups excluding carboxylic acids is 4. The minimum absolute atomic E-state index is 0.0104. The Hall–Kier alpha value is -2.94. The number of benzene rings is 1. The highest BCUT2D eigenvalue weighted by atomic mass is 16.6. The molecule has 5 saturated carbocycles. The Labute approximate surface area is 297 Å². The van der Waals surface area contributed by atoms with E-state index in [0.717, 1.165) is 4.90 Å². The Morgan fingerprint density at radius 2 is 1.80 bits per heavy atom. The summed E-state index contributed by atoms with van der Waals surface area (Å²) in [4.78, 5) is 55.6. The molecule has 13 nitrogen and oxygen atoms in total. The molecule has 7 bridgehead atoms. The molecule has 14 atom stereocenters. The van der Waals surface area contributed by atoms with Crippen molar-refractivity contribution < 1.29 is 53.1 Å². The number of hydrogen-bond donors (Lipinski definition) is 2. The first-order valence-corrected chi connectivity index (χ1v) is 18.4. The SMILES string of the molecule is CCN1C[C@]2(COC(=O)c3ccccc3N3C(=O)C[C@H](C)C3=O)CC[C@H](OC)[C@@]34[C@@H]5C[C@H]6[C@H](OC)[C@@H]5[C@](O)(C[C@@H]6OC(C)=O)[C@@](O)([C@@H](OC)[C@H]23)[C@@H]14. The summed E-state index contributed by atoms with van der Waals surface area (Å²) in [5.41, 5.74) is -4.67. The van der Waals surface area contributed by atoms with Crippen LogP contribution in [0.25, 0.3) is 0 Å². The number of para-hydroxylation sites is 1. The van der Waals surface area contributed by atoms with Crippen molar-refractivity contribution in [1.82, 2.24) is 4.90 Å². The number of ether oxygens (including phenoxy) is 5. The van der Waals surface area contributed by atoms with Crippen LogP contribution in [0.15, 0.2) is 24.3 Å². The summed E-state index contributed by atoms with van der Waals surface area (Å²) >= 11 is 0. The van der Waals surface area contributed by atoms with Gasteiger partial charge in [-0.05, 0) is 43.9 Å².